The van der Waals surface area contributed by atoms with Gasteiger partial charge in [0.25, 0.3) is 0 Å². The first-order valence-electron chi connectivity index (χ1n) is 7.08. The van der Waals surface area contributed by atoms with Gasteiger partial charge >= 0.3 is 0 Å². The van der Waals surface area contributed by atoms with Crippen molar-refractivity contribution in [2.24, 2.45) is 0 Å². The van der Waals surface area contributed by atoms with E-state index in [9.17, 15) is 14.0 Å². The van der Waals surface area contributed by atoms with Crippen LogP contribution in [0.3, 0.4) is 0 Å². The summed E-state index contributed by atoms with van der Waals surface area (Å²) in [6, 6.07) is 15.0. The molecule has 0 aromatic heterocycles. The third-order valence-corrected chi connectivity index (χ3v) is 3.59. The largest absolute Gasteiger partial charge is 0.338 e. The van der Waals surface area contributed by atoms with Gasteiger partial charge in [0.05, 0.1) is 12.5 Å². The molecule has 3 nitrogen and oxygen atoms in total. The summed E-state index contributed by atoms with van der Waals surface area (Å²) in [5, 5.41) is 0. The van der Waals surface area contributed by atoms with Crippen molar-refractivity contribution in [2.45, 2.75) is 12.8 Å². The van der Waals surface area contributed by atoms with E-state index < -0.39 is 11.7 Å². The van der Waals surface area contributed by atoms with Gasteiger partial charge < -0.3 is 4.90 Å². The zero-order chi connectivity index (χ0) is 16.1. The van der Waals surface area contributed by atoms with E-state index in [1.54, 1.807) is 56.4 Å². The van der Waals surface area contributed by atoms with Crippen LogP contribution in [0.2, 0.25) is 0 Å². The van der Waals surface area contributed by atoms with Gasteiger partial charge in [0, 0.05) is 12.6 Å². The van der Waals surface area contributed by atoms with Crippen LogP contribution in [0.4, 0.5) is 4.39 Å². The SMILES string of the molecule is CC(C(=O)N(C)CC(=O)c1ccccc1)c1ccccc1F. The second kappa shape index (κ2) is 6.98. The molecule has 0 saturated heterocycles. The molecule has 0 radical (unpaired) electrons. The Morgan fingerprint density at radius 3 is 2.27 bits per heavy atom. The molecule has 0 fully saturated rings. The first kappa shape index (κ1) is 15.9. The minimum Gasteiger partial charge on any atom is -0.338 e. The lowest BCUT2D eigenvalue weighted by atomic mass is 9.99. The number of carbonyl (C=O) groups is 2. The summed E-state index contributed by atoms with van der Waals surface area (Å²) in [5.41, 5.74) is 0.896. The van der Waals surface area contributed by atoms with E-state index in [1.165, 1.54) is 11.0 Å². The molecular formula is C18H18FNO2. The molecule has 4 heteroatoms. The molecule has 114 valence electrons. The maximum Gasteiger partial charge on any atom is 0.230 e. The summed E-state index contributed by atoms with van der Waals surface area (Å²) in [7, 11) is 1.56. The van der Waals surface area contributed by atoms with Gasteiger partial charge in [0.2, 0.25) is 5.91 Å². The molecule has 1 unspecified atom stereocenters. The number of hydrogen-bond acceptors (Lipinski definition) is 2. The van der Waals surface area contributed by atoms with Crippen LogP contribution in [0.1, 0.15) is 28.8 Å². The Kier molecular flexibility index (Phi) is 5.04. The van der Waals surface area contributed by atoms with Gasteiger partial charge in [0.15, 0.2) is 5.78 Å². The number of ketones is 1. The van der Waals surface area contributed by atoms with Gasteiger partial charge in [-0.2, -0.15) is 0 Å². The Balaban J connectivity index is 2.06. The number of carbonyl (C=O) groups excluding carboxylic acids is 2. The molecule has 22 heavy (non-hydrogen) atoms. The van der Waals surface area contributed by atoms with Crippen LogP contribution in [0.15, 0.2) is 54.6 Å². The zero-order valence-corrected chi connectivity index (χ0v) is 12.6. The predicted molar refractivity (Wildman–Crippen MR) is 83.2 cm³/mol. The number of Topliss-reactive ketones (excluding diaryl/α,β-unsaturated/α-hetero) is 1. The third-order valence-electron chi connectivity index (χ3n) is 3.59. The number of likely N-dealkylation sites (N-methyl/N-ethyl adjacent to an activating group) is 1. The van der Waals surface area contributed by atoms with Gasteiger partial charge in [-0.1, -0.05) is 48.5 Å². The molecule has 0 spiro atoms. The zero-order valence-electron chi connectivity index (χ0n) is 12.6. The van der Waals surface area contributed by atoms with Gasteiger partial charge in [0.1, 0.15) is 5.82 Å². The maximum absolute atomic E-state index is 13.8. The van der Waals surface area contributed by atoms with E-state index >= 15 is 0 Å². The molecule has 2 rings (SSSR count). The van der Waals surface area contributed by atoms with Crippen molar-refractivity contribution in [1.82, 2.24) is 4.90 Å². The Hall–Kier alpha value is -2.49. The topological polar surface area (TPSA) is 37.4 Å². The fraction of sp³-hybridized carbons (Fsp3) is 0.222. The number of benzene rings is 2. The number of hydrogen-bond donors (Lipinski definition) is 0. The predicted octanol–water partition coefficient (Wildman–Crippen LogP) is 3.27. The first-order valence-corrected chi connectivity index (χ1v) is 7.08. The summed E-state index contributed by atoms with van der Waals surface area (Å²) >= 11 is 0. The monoisotopic (exact) mass is 299 g/mol. The second-order valence-electron chi connectivity index (χ2n) is 5.23. The van der Waals surface area contributed by atoms with Crippen molar-refractivity contribution in [3.8, 4) is 0 Å². The van der Waals surface area contributed by atoms with Crippen LogP contribution in [0, 0.1) is 5.82 Å². The van der Waals surface area contributed by atoms with E-state index in [0.29, 0.717) is 11.1 Å². The molecular weight excluding hydrogens is 281 g/mol. The van der Waals surface area contributed by atoms with Crippen molar-refractivity contribution in [1.29, 1.82) is 0 Å². The Morgan fingerprint density at radius 2 is 1.64 bits per heavy atom. The molecule has 0 saturated carbocycles. The molecule has 1 amide bonds. The van der Waals surface area contributed by atoms with Gasteiger partial charge in [-0.3, -0.25) is 9.59 Å². The Bertz CT molecular complexity index is 670. The number of halogens is 1. The van der Waals surface area contributed by atoms with Crippen molar-refractivity contribution in [3.63, 3.8) is 0 Å². The average Bonchev–Trinajstić information content (AvgIpc) is 2.54. The number of nitrogens with zero attached hydrogens (tertiary/aromatic N) is 1. The second-order valence-corrected chi connectivity index (χ2v) is 5.23. The minimum absolute atomic E-state index is 0.0262. The van der Waals surface area contributed by atoms with Crippen molar-refractivity contribution in [2.75, 3.05) is 13.6 Å². The van der Waals surface area contributed by atoms with Gasteiger partial charge in [-0.25, -0.2) is 4.39 Å². The van der Waals surface area contributed by atoms with E-state index in [-0.39, 0.29) is 18.2 Å². The summed E-state index contributed by atoms with van der Waals surface area (Å²) in [6.45, 7) is 1.62. The number of rotatable bonds is 5. The molecule has 2 aromatic rings. The minimum atomic E-state index is -0.630. The summed E-state index contributed by atoms with van der Waals surface area (Å²) < 4.78 is 13.8. The maximum atomic E-state index is 13.8. The van der Waals surface area contributed by atoms with Gasteiger partial charge in [-0.05, 0) is 18.6 Å². The first-order chi connectivity index (χ1) is 10.5. The fourth-order valence-corrected chi connectivity index (χ4v) is 2.30. The summed E-state index contributed by atoms with van der Waals surface area (Å²) in [5.74, 6) is -1.47. The van der Waals surface area contributed by atoms with Crippen LogP contribution in [-0.4, -0.2) is 30.2 Å². The summed E-state index contributed by atoms with van der Waals surface area (Å²) in [6.07, 6.45) is 0. The van der Waals surface area contributed by atoms with E-state index in [4.69, 9.17) is 0 Å². The van der Waals surface area contributed by atoms with Crippen LogP contribution in [0.25, 0.3) is 0 Å². The van der Waals surface area contributed by atoms with Crippen LogP contribution >= 0.6 is 0 Å². The fourth-order valence-electron chi connectivity index (χ4n) is 2.30. The van der Waals surface area contributed by atoms with E-state index in [2.05, 4.69) is 0 Å². The lowest BCUT2D eigenvalue weighted by molar-refractivity contribution is -0.130. The van der Waals surface area contributed by atoms with Crippen LogP contribution in [-0.2, 0) is 4.79 Å². The summed E-state index contributed by atoms with van der Waals surface area (Å²) in [4.78, 5) is 25.8. The van der Waals surface area contributed by atoms with Gasteiger partial charge in [-0.15, -0.1) is 0 Å². The highest BCUT2D eigenvalue weighted by Gasteiger charge is 2.23. The molecule has 0 N–H and O–H groups in total. The molecule has 0 bridgehead atoms. The lowest BCUT2D eigenvalue weighted by Gasteiger charge is -2.21. The molecule has 0 aliphatic heterocycles. The molecule has 2 aromatic carbocycles. The Labute approximate surface area is 129 Å². The Morgan fingerprint density at radius 1 is 1.05 bits per heavy atom. The smallest absolute Gasteiger partial charge is 0.230 e. The molecule has 0 aliphatic rings. The van der Waals surface area contributed by atoms with Crippen LogP contribution < -0.4 is 0 Å². The van der Waals surface area contributed by atoms with Crippen molar-refractivity contribution < 1.29 is 14.0 Å². The van der Waals surface area contributed by atoms with E-state index in [1.807, 2.05) is 6.07 Å². The quantitative estimate of drug-likeness (QED) is 0.795. The molecule has 1 atom stereocenters. The highest BCUT2D eigenvalue weighted by atomic mass is 19.1. The third kappa shape index (κ3) is 3.58. The standard InChI is InChI=1S/C18H18FNO2/c1-13(15-10-6-7-11-16(15)19)18(22)20(2)12-17(21)14-8-4-3-5-9-14/h3-11,13H,12H2,1-2H3. The highest BCUT2D eigenvalue weighted by molar-refractivity contribution is 5.99. The molecule has 0 heterocycles. The normalized spacial score (nSPS) is 11.8. The van der Waals surface area contributed by atoms with Crippen LogP contribution in [0.5, 0.6) is 0 Å². The lowest BCUT2D eigenvalue weighted by Crippen LogP contribution is -2.35. The van der Waals surface area contributed by atoms with Crippen molar-refractivity contribution in [3.05, 3.63) is 71.5 Å². The highest BCUT2D eigenvalue weighted by Crippen LogP contribution is 2.20. The van der Waals surface area contributed by atoms with Crippen molar-refractivity contribution >= 4 is 11.7 Å². The molecule has 0 aliphatic carbocycles. The van der Waals surface area contributed by atoms with E-state index in [0.717, 1.165) is 0 Å². The number of amides is 1. The average molecular weight is 299 g/mol.